The maximum atomic E-state index is 13.7. The molecule has 35 heavy (non-hydrogen) atoms. The van der Waals surface area contributed by atoms with Crippen LogP contribution in [0.2, 0.25) is 0 Å². The Balaban J connectivity index is 1.58. The lowest BCUT2D eigenvalue weighted by molar-refractivity contribution is -0.139. The summed E-state index contributed by atoms with van der Waals surface area (Å²) in [6, 6.07) is 12.0. The van der Waals surface area contributed by atoms with Crippen molar-refractivity contribution in [2.75, 3.05) is 19.8 Å². The van der Waals surface area contributed by atoms with Gasteiger partial charge in [0.15, 0.2) is 0 Å². The van der Waals surface area contributed by atoms with Crippen molar-refractivity contribution < 1.29 is 41.9 Å². The number of rotatable bonds is 13. The fourth-order valence-electron chi connectivity index (χ4n) is 3.76. The van der Waals surface area contributed by atoms with Crippen molar-refractivity contribution in [1.29, 1.82) is 0 Å². The van der Waals surface area contributed by atoms with E-state index < -0.39 is 38.3 Å². The first-order valence-corrected chi connectivity index (χ1v) is 12.9. The lowest BCUT2D eigenvalue weighted by atomic mass is 9.93. The highest BCUT2D eigenvalue weighted by Crippen LogP contribution is 2.40. The third-order valence-electron chi connectivity index (χ3n) is 5.96. The van der Waals surface area contributed by atoms with E-state index in [2.05, 4.69) is 16.7 Å². The zero-order valence-corrected chi connectivity index (χ0v) is 20.1. The number of ether oxygens (including phenoxy) is 1. The molecule has 1 aliphatic rings. The molecule has 1 saturated carbocycles. The molecule has 11 heteroatoms. The van der Waals surface area contributed by atoms with Crippen LogP contribution in [0.5, 0.6) is 5.75 Å². The number of hydrogen-bond acceptors (Lipinski definition) is 5. The fourth-order valence-corrected chi connectivity index (χ4v) is 4.19. The molecule has 7 nitrogen and oxygen atoms in total. The molecule has 0 aromatic heterocycles. The number of aryl methyl sites for hydroxylation is 2. The molecule has 0 heterocycles. The summed E-state index contributed by atoms with van der Waals surface area (Å²) in [6.45, 7) is -1.18. The van der Waals surface area contributed by atoms with Crippen LogP contribution >= 0.6 is 7.82 Å². The van der Waals surface area contributed by atoms with Crippen molar-refractivity contribution in [3.05, 3.63) is 64.7 Å². The number of alkyl halides is 3. The molecule has 0 radical (unpaired) electrons. The van der Waals surface area contributed by atoms with Crippen LogP contribution in [-0.4, -0.2) is 40.3 Å². The third kappa shape index (κ3) is 8.90. The normalized spacial score (nSPS) is 16.2. The van der Waals surface area contributed by atoms with Gasteiger partial charge in [0.25, 0.3) is 0 Å². The van der Waals surface area contributed by atoms with Crippen LogP contribution in [0.15, 0.2) is 42.5 Å². The van der Waals surface area contributed by atoms with Crippen LogP contribution in [0.25, 0.3) is 0 Å². The molecule has 0 amide bonds. The fraction of sp³-hybridized carbons (Fsp3) is 0.500. The third-order valence-corrected chi connectivity index (χ3v) is 6.43. The average molecular weight is 517 g/mol. The predicted molar refractivity (Wildman–Crippen MR) is 124 cm³/mol. The Kier molecular flexibility index (Phi) is 9.01. The SMILES string of the molecule is NC(CO)(CCc1ccc(OCCCc2cccc(C3CC3)c2)c(C(F)(F)F)c1)COP(=O)(O)O. The minimum atomic E-state index is -4.80. The Morgan fingerprint density at radius 3 is 2.40 bits per heavy atom. The van der Waals surface area contributed by atoms with Crippen LogP contribution in [0.3, 0.4) is 0 Å². The number of aliphatic hydroxyl groups excluding tert-OH is 1. The first-order chi connectivity index (χ1) is 16.4. The molecule has 1 aliphatic carbocycles. The summed E-state index contributed by atoms with van der Waals surface area (Å²) in [5, 5.41) is 9.48. The van der Waals surface area contributed by atoms with Crippen LogP contribution in [0.4, 0.5) is 13.2 Å². The van der Waals surface area contributed by atoms with Gasteiger partial charge in [0, 0.05) is 0 Å². The van der Waals surface area contributed by atoms with E-state index in [4.69, 9.17) is 20.3 Å². The summed E-state index contributed by atoms with van der Waals surface area (Å²) in [5.74, 6) is 0.374. The molecule has 0 saturated heterocycles. The topological polar surface area (TPSA) is 122 Å². The number of aliphatic hydroxyl groups is 1. The van der Waals surface area contributed by atoms with E-state index in [9.17, 15) is 22.8 Å². The Bertz CT molecular complexity index is 1040. The van der Waals surface area contributed by atoms with Crippen molar-refractivity contribution in [2.24, 2.45) is 5.73 Å². The number of halogens is 3. The smallest absolute Gasteiger partial charge is 0.469 e. The summed E-state index contributed by atoms with van der Waals surface area (Å²) in [7, 11) is -4.80. The van der Waals surface area contributed by atoms with E-state index >= 15 is 0 Å². The summed E-state index contributed by atoms with van der Waals surface area (Å²) in [4.78, 5) is 17.6. The standard InChI is InChI=1S/C24H31F3NO6P/c25-24(26,27)21-14-18(10-11-23(28,15-29)16-34-35(30,31)32)6-9-22(21)33-12-2-4-17-3-1-5-20(13-17)19-7-8-19/h1,3,5-6,9,13-14,19,29H,2,4,7-8,10-12,15-16,28H2,(H2,30,31,32). The second-order valence-corrected chi connectivity index (χ2v) is 10.3. The molecule has 194 valence electrons. The highest BCUT2D eigenvalue weighted by atomic mass is 31.2. The Hall–Kier alpha value is -1.94. The van der Waals surface area contributed by atoms with Gasteiger partial charge in [-0.05, 0) is 73.3 Å². The summed E-state index contributed by atoms with van der Waals surface area (Å²) in [5.41, 5.74) is 6.21. The number of hydrogen-bond donors (Lipinski definition) is 4. The zero-order valence-electron chi connectivity index (χ0n) is 19.2. The van der Waals surface area contributed by atoms with E-state index in [-0.39, 0.29) is 25.2 Å². The first kappa shape index (κ1) is 27.6. The van der Waals surface area contributed by atoms with Gasteiger partial charge in [-0.1, -0.05) is 30.3 Å². The maximum Gasteiger partial charge on any atom is 0.469 e. The van der Waals surface area contributed by atoms with Crippen molar-refractivity contribution >= 4 is 7.82 Å². The molecular weight excluding hydrogens is 486 g/mol. The zero-order chi connectivity index (χ0) is 25.7. The van der Waals surface area contributed by atoms with Crippen LogP contribution < -0.4 is 10.5 Å². The lowest BCUT2D eigenvalue weighted by Gasteiger charge is -2.27. The molecule has 1 atom stereocenters. The quantitative estimate of drug-likeness (QED) is 0.231. The minimum Gasteiger partial charge on any atom is -0.493 e. The molecule has 1 fully saturated rings. The molecule has 5 N–H and O–H groups in total. The average Bonchev–Trinajstić information content (AvgIpc) is 3.64. The highest BCUT2D eigenvalue weighted by molar-refractivity contribution is 7.46. The molecular formula is C24H31F3NO6P. The second kappa shape index (κ2) is 11.4. The van der Waals surface area contributed by atoms with Crippen molar-refractivity contribution in [3.63, 3.8) is 0 Å². The number of benzene rings is 2. The van der Waals surface area contributed by atoms with Gasteiger partial charge in [0.2, 0.25) is 0 Å². The van der Waals surface area contributed by atoms with Gasteiger partial charge < -0.3 is 25.4 Å². The number of nitrogens with two attached hydrogens (primary N) is 1. The lowest BCUT2D eigenvalue weighted by Crippen LogP contribution is -2.48. The Labute approximate surface area is 202 Å². The van der Waals surface area contributed by atoms with Gasteiger partial charge in [0.1, 0.15) is 5.75 Å². The van der Waals surface area contributed by atoms with Crippen LogP contribution in [-0.2, 0) is 28.1 Å². The van der Waals surface area contributed by atoms with Gasteiger partial charge in [-0.15, -0.1) is 0 Å². The molecule has 0 bridgehead atoms. The van der Waals surface area contributed by atoms with E-state index in [0.717, 1.165) is 11.6 Å². The predicted octanol–water partition coefficient (Wildman–Crippen LogP) is 4.33. The number of phosphoric acid groups is 1. The molecule has 0 spiro atoms. The van der Waals surface area contributed by atoms with Crippen LogP contribution in [0, 0.1) is 0 Å². The van der Waals surface area contributed by atoms with Crippen LogP contribution in [0.1, 0.15) is 53.9 Å². The molecule has 3 rings (SSSR count). The Morgan fingerprint density at radius 1 is 1.06 bits per heavy atom. The van der Waals surface area contributed by atoms with E-state index in [1.807, 2.05) is 12.1 Å². The summed E-state index contributed by atoms with van der Waals surface area (Å²) >= 11 is 0. The van der Waals surface area contributed by atoms with Crippen molar-refractivity contribution in [3.8, 4) is 5.75 Å². The summed E-state index contributed by atoms with van der Waals surface area (Å²) in [6.07, 6.45) is -0.977. The highest BCUT2D eigenvalue weighted by Gasteiger charge is 2.35. The Morgan fingerprint density at radius 2 is 1.77 bits per heavy atom. The van der Waals surface area contributed by atoms with E-state index in [0.29, 0.717) is 24.3 Å². The first-order valence-electron chi connectivity index (χ1n) is 11.4. The van der Waals surface area contributed by atoms with Gasteiger partial charge in [-0.2, -0.15) is 13.2 Å². The van der Waals surface area contributed by atoms with Gasteiger partial charge >= 0.3 is 14.0 Å². The van der Waals surface area contributed by atoms with Gasteiger partial charge in [0.05, 0.1) is 30.9 Å². The van der Waals surface area contributed by atoms with Crippen molar-refractivity contribution in [1.82, 2.24) is 0 Å². The number of phosphoric ester groups is 1. The largest absolute Gasteiger partial charge is 0.493 e. The summed E-state index contributed by atoms with van der Waals surface area (Å²) < 4.78 is 61.7. The second-order valence-electron chi connectivity index (χ2n) is 9.08. The van der Waals surface area contributed by atoms with Gasteiger partial charge in [-0.25, -0.2) is 4.57 Å². The molecule has 2 aromatic carbocycles. The molecule has 2 aromatic rings. The minimum absolute atomic E-state index is 0.0300. The van der Waals surface area contributed by atoms with E-state index in [1.165, 1.54) is 30.5 Å². The molecule has 0 aliphatic heterocycles. The van der Waals surface area contributed by atoms with E-state index in [1.54, 1.807) is 0 Å². The molecule has 1 unspecified atom stereocenters. The van der Waals surface area contributed by atoms with Crippen molar-refractivity contribution in [2.45, 2.75) is 56.2 Å². The monoisotopic (exact) mass is 517 g/mol. The van der Waals surface area contributed by atoms with Gasteiger partial charge in [-0.3, -0.25) is 4.52 Å². The maximum absolute atomic E-state index is 13.7.